The van der Waals surface area contributed by atoms with Crippen molar-refractivity contribution in [2.45, 2.75) is 25.9 Å². The third-order valence-corrected chi connectivity index (χ3v) is 3.63. The van der Waals surface area contributed by atoms with Crippen LogP contribution in [0, 0.1) is 11.7 Å². The second kappa shape index (κ2) is 5.02. The third-order valence-electron chi connectivity index (χ3n) is 3.63. The van der Waals surface area contributed by atoms with Gasteiger partial charge in [-0.25, -0.2) is 4.39 Å². The molecule has 1 aromatic rings. The molecule has 2 atom stereocenters. The number of hydrogen-bond acceptors (Lipinski definition) is 3. The topological polar surface area (TPSA) is 49.5 Å². The summed E-state index contributed by atoms with van der Waals surface area (Å²) in [6, 6.07) is 5.11. The van der Waals surface area contributed by atoms with Crippen LogP contribution in [0.5, 0.6) is 0 Å². The number of nitrogens with zero attached hydrogens (tertiary/aromatic N) is 1. The fourth-order valence-electron chi connectivity index (χ4n) is 2.50. The first-order chi connectivity index (χ1) is 8.17. The van der Waals surface area contributed by atoms with Crippen LogP contribution < -0.4 is 10.6 Å². The van der Waals surface area contributed by atoms with Gasteiger partial charge in [-0.15, -0.1) is 0 Å². The third kappa shape index (κ3) is 2.28. The summed E-state index contributed by atoms with van der Waals surface area (Å²) in [5, 5.41) is 9.38. The number of anilines is 1. The van der Waals surface area contributed by atoms with Crippen molar-refractivity contribution in [2.24, 2.45) is 11.7 Å². The molecule has 0 bridgehead atoms. The molecule has 3 N–H and O–H groups in total. The van der Waals surface area contributed by atoms with E-state index in [1.165, 1.54) is 6.07 Å². The highest BCUT2D eigenvalue weighted by molar-refractivity contribution is 5.51. The van der Waals surface area contributed by atoms with Crippen LogP contribution >= 0.6 is 0 Å². The molecule has 4 heteroatoms. The van der Waals surface area contributed by atoms with Crippen LogP contribution in [0.4, 0.5) is 10.1 Å². The van der Waals surface area contributed by atoms with Crippen LogP contribution in [0.2, 0.25) is 0 Å². The number of halogens is 1. The predicted molar refractivity (Wildman–Crippen MR) is 66.3 cm³/mol. The van der Waals surface area contributed by atoms with Crippen molar-refractivity contribution in [1.82, 2.24) is 0 Å². The van der Waals surface area contributed by atoms with Gasteiger partial charge < -0.3 is 15.7 Å². The summed E-state index contributed by atoms with van der Waals surface area (Å²) in [7, 11) is 0. The van der Waals surface area contributed by atoms with Gasteiger partial charge in [0, 0.05) is 13.1 Å². The van der Waals surface area contributed by atoms with E-state index in [1.54, 1.807) is 6.07 Å². The highest BCUT2D eigenvalue weighted by atomic mass is 19.1. The number of benzene rings is 1. The minimum atomic E-state index is -0.250. The minimum Gasteiger partial charge on any atom is -0.394 e. The van der Waals surface area contributed by atoms with E-state index in [1.807, 2.05) is 11.0 Å². The summed E-state index contributed by atoms with van der Waals surface area (Å²) in [6.45, 7) is 3.30. The molecular formula is C13H19FN2O. The Bertz CT molecular complexity index is 397. The molecule has 0 amide bonds. The lowest BCUT2D eigenvalue weighted by Gasteiger charge is -2.27. The highest BCUT2D eigenvalue weighted by Gasteiger charge is 2.31. The Morgan fingerprint density at radius 3 is 2.88 bits per heavy atom. The predicted octanol–water partition coefficient (Wildman–Crippen LogP) is 1.49. The van der Waals surface area contributed by atoms with E-state index >= 15 is 0 Å². The first kappa shape index (κ1) is 12.3. The zero-order chi connectivity index (χ0) is 12.4. The van der Waals surface area contributed by atoms with Gasteiger partial charge in [0.2, 0.25) is 0 Å². The van der Waals surface area contributed by atoms with Gasteiger partial charge >= 0.3 is 0 Å². The summed E-state index contributed by atoms with van der Waals surface area (Å²) in [5.41, 5.74) is 6.84. The van der Waals surface area contributed by atoms with Gasteiger partial charge in [0.05, 0.1) is 18.3 Å². The average molecular weight is 238 g/mol. The molecule has 1 aliphatic rings. The van der Waals surface area contributed by atoms with E-state index in [9.17, 15) is 9.50 Å². The van der Waals surface area contributed by atoms with Gasteiger partial charge in [0.25, 0.3) is 0 Å². The molecule has 3 nitrogen and oxygen atoms in total. The van der Waals surface area contributed by atoms with E-state index in [0.29, 0.717) is 18.2 Å². The van der Waals surface area contributed by atoms with E-state index < -0.39 is 0 Å². The molecule has 1 aromatic carbocycles. The normalized spacial score (nSPS) is 24.4. The van der Waals surface area contributed by atoms with Gasteiger partial charge in [-0.3, -0.25) is 0 Å². The molecule has 0 aromatic heterocycles. The summed E-state index contributed by atoms with van der Waals surface area (Å²) in [5.74, 6) is 0.147. The zero-order valence-corrected chi connectivity index (χ0v) is 10.1. The number of aliphatic hydroxyl groups is 1. The molecule has 0 spiro atoms. The Balaban J connectivity index is 2.28. The maximum atomic E-state index is 13.9. The molecule has 1 heterocycles. The summed E-state index contributed by atoms with van der Waals surface area (Å²) in [4.78, 5) is 1.96. The van der Waals surface area contributed by atoms with E-state index in [4.69, 9.17) is 5.73 Å². The summed E-state index contributed by atoms with van der Waals surface area (Å²) in [6.07, 6.45) is 0.989. The second-order valence-corrected chi connectivity index (χ2v) is 4.70. The molecule has 1 saturated heterocycles. The highest BCUT2D eigenvalue weighted by Crippen LogP contribution is 2.31. The van der Waals surface area contributed by atoms with Crippen LogP contribution in [-0.4, -0.2) is 24.3 Å². The standard InChI is InChI=1S/C13H19FN2O/c1-9-4-5-16(13(9)8-17)12-3-2-10(7-15)6-11(12)14/h2-3,6,9,13,17H,4-5,7-8,15H2,1H3. The molecule has 0 aliphatic carbocycles. The van der Waals surface area contributed by atoms with Gasteiger partial charge in [-0.1, -0.05) is 13.0 Å². The number of nitrogens with two attached hydrogens (primary N) is 1. The van der Waals surface area contributed by atoms with Gasteiger partial charge in [0.15, 0.2) is 0 Å². The number of hydrogen-bond donors (Lipinski definition) is 2. The SMILES string of the molecule is CC1CCN(c2ccc(CN)cc2F)C1CO. The Morgan fingerprint density at radius 1 is 1.53 bits per heavy atom. The van der Waals surface area contributed by atoms with E-state index in [-0.39, 0.29) is 18.5 Å². The van der Waals surface area contributed by atoms with Crippen molar-refractivity contribution < 1.29 is 9.50 Å². The largest absolute Gasteiger partial charge is 0.394 e. The average Bonchev–Trinajstić information content (AvgIpc) is 2.70. The molecule has 94 valence electrons. The molecular weight excluding hydrogens is 219 g/mol. The Hall–Kier alpha value is -1.13. The van der Waals surface area contributed by atoms with Crippen molar-refractivity contribution in [3.05, 3.63) is 29.6 Å². The smallest absolute Gasteiger partial charge is 0.146 e. The number of aliphatic hydroxyl groups excluding tert-OH is 1. The van der Waals surface area contributed by atoms with E-state index in [2.05, 4.69) is 6.92 Å². The monoisotopic (exact) mass is 238 g/mol. The lowest BCUT2D eigenvalue weighted by atomic mass is 10.0. The molecule has 17 heavy (non-hydrogen) atoms. The van der Waals surface area contributed by atoms with Crippen molar-refractivity contribution in [2.75, 3.05) is 18.1 Å². The van der Waals surface area contributed by atoms with E-state index in [0.717, 1.165) is 18.5 Å². The molecule has 2 rings (SSSR count). The molecule has 0 saturated carbocycles. The molecule has 1 fully saturated rings. The zero-order valence-electron chi connectivity index (χ0n) is 10.1. The number of rotatable bonds is 3. The van der Waals surface area contributed by atoms with Crippen LogP contribution in [0.15, 0.2) is 18.2 Å². The quantitative estimate of drug-likeness (QED) is 0.839. The second-order valence-electron chi connectivity index (χ2n) is 4.70. The fraction of sp³-hybridized carbons (Fsp3) is 0.538. The Labute approximate surface area is 101 Å². The maximum Gasteiger partial charge on any atom is 0.146 e. The molecule has 0 radical (unpaired) electrons. The van der Waals surface area contributed by atoms with Crippen molar-refractivity contribution >= 4 is 5.69 Å². The van der Waals surface area contributed by atoms with Crippen LogP contribution in [0.25, 0.3) is 0 Å². The summed E-state index contributed by atoms with van der Waals surface area (Å²) >= 11 is 0. The minimum absolute atomic E-state index is 0.0215. The Morgan fingerprint density at radius 2 is 2.29 bits per heavy atom. The molecule has 1 aliphatic heterocycles. The maximum absolute atomic E-state index is 13.9. The Kier molecular flexibility index (Phi) is 3.64. The molecule has 2 unspecified atom stereocenters. The first-order valence-electron chi connectivity index (χ1n) is 6.03. The van der Waals surface area contributed by atoms with Crippen molar-refractivity contribution in [3.8, 4) is 0 Å². The van der Waals surface area contributed by atoms with Crippen molar-refractivity contribution in [3.63, 3.8) is 0 Å². The summed E-state index contributed by atoms with van der Waals surface area (Å²) < 4.78 is 13.9. The fourth-order valence-corrected chi connectivity index (χ4v) is 2.50. The lowest BCUT2D eigenvalue weighted by molar-refractivity contribution is 0.244. The van der Waals surface area contributed by atoms with Crippen LogP contribution in [0.3, 0.4) is 0 Å². The van der Waals surface area contributed by atoms with Gasteiger partial charge in [0.1, 0.15) is 5.82 Å². The van der Waals surface area contributed by atoms with Gasteiger partial charge in [-0.05, 0) is 30.0 Å². The van der Waals surface area contributed by atoms with Crippen molar-refractivity contribution in [1.29, 1.82) is 0 Å². The van der Waals surface area contributed by atoms with Crippen LogP contribution in [0.1, 0.15) is 18.9 Å². The first-order valence-corrected chi connectivity index (χ1v) is 6.03. The van der Waals surface area contributed by atoms with Crippen LogP contribution in [-0.2, 0) is 6.54 Å². The lowest BCUT2D eigenvalue weighted by Crippen LogP contribution is -2.35. The van der Waals surface area contributed by atoms with Gasteiger partial charge in [-0.2, -0.15) is 0 Å².